The van der Waals surface area contributed by atoms with Gasteiger partial charge < -0.3 is 0 Å². The predicted octanol–water partition coefficient (Wildman–Crippen LogP) is 17.4. The quantitative estimate of drug-likeness (QED) is 0.166. The van der Waals surface area contributed by atoms with Crippen LogP contribution in [0.2, 0.25) is 0 Å². The molecule has 0 heterocycles. The first kappa shape index (κ1) is 39.4. The van der Waals surface area contributed by atoms with Gasteiger partial charge in [0.15, 0.2) is 0 Å². The lowest BCUT2D eigenvalue weighted by molar-refractivity contribution is 0.525. The molecule has 13 rings (SSSR count). The minimum Gasteiger partial charge on any atom is -0.0758 e. The van der Waals surface area contributed by atoms with Crippen LogP contribution in [-0.2, 0) is 21.7 Å². The van der Waals surface area contributed by atoms with Gasteiger partial charge in [0.1, 0.15) is 0 Å². The fourth-order valence-electron chi connectivity index (χ4n) is 12.9. The van der Waals surface area contributed by atoms with Crippen LogP contribution in [0.15, 0.2) is 194 Å². The number of rotatable bonds is 4. The molecular weight excluding hydrogens is 793 g/mol. The second-order valence-corrected chi connectivity index (χ2v) is 21.5. The summed E-state index contributed by atoms with van der Waals surface area (Å²) in [4.78, 5) is 0. The van der Waals surface area contributed by atoms with E-state index in [9.17, 15) is 0 Å². The summed E-state index contributed by atoms with van der Waals surface area (Å²) < 4.78 is 0. The summed E-state index contributed by atoms with van der Waals surface area (Å²) in [6, 6.07) is 65.1. The molecule has 2 unspecified atom stereocenters. The van der Waals surface area contributed by atoms with E-state index in [2.05, 4.69) is 243 Å². The van der Waals surface area contributed by atoms with Crippen molar-refractivity contribution < 1.29 is 0 Å². The van der Waals surface area contributed by atoms with Crippen molar-refractivity contribution in [1.29, 1.82) is 0 Å². The van der Waals surface area contributed by atoms with Crippen LogP contribution in [0.25, 0.3) is 77.2 Å². The van der Waals surface area contributed by atoms with Crippen molar-refractivity contribution in [1.82, 2.24) is 0 Å². The molecule has 0 spiro atoms. The van der Waals surface area contributed by atoms with Gasteiger partial charge in [0.25, 0.3) is 0 Å². The van der Waals surface area contributed by atoms with Gasteiger partial charge in [-0.2, -0.15) is 0 Å². The highest BCUT2D eigenvalue weighted by Gasteiger charge is 2.45. The zero-order chi connectivity index (χ0) is 44.9. The number of hydrogen-bond acceptors (Lipinski definition) is 0. The van der Waals surface area contributed by atoms with E-state index >= 15 is 0 Å². The van der Waals surface area contributed by atoms with Crippen molar-refractivity contribution in [3.05, 3.63) is 239 Å². The molecular formula is C66H54. The fourth-order valence-corrected chi connectivity index (χ4v) is 12.9. The molecule has 0 radical (unpaired) electrons. The van der Waals surface area contributed by atoms with Crippen LogP contribution in [0.1, 0.15) is 98.9 Å². The molecule has 0 heteroatoms. The van der Waals surface area contributed by atoms with Gasteiger partial charge in [0.05, 0.1) is 0 Å². The molecule has 4 aliphatic carbocycles. The summed E-state index contributed by atoms with van der Waals surface area (Å²) in [5, 5.41) is 5.21. The van der Waals surface area contributed by atoms with E-state index < -0.39 is 0 Å². The van der Waals surface area contributed by atoms with Crippen LogP contribution in [0.3, 0.4) is 0 Å². The third-order valence-corrected chi connectivity index (χ3v) is 16.8. The van der Waals surface area contributed by atoms with Crippen molar-refractivity contribution in [3.63, 3.8) is 0 Å². The Hall–Kier alpha value is -7.02. The van der Waals surface area contributed by atoms with Crippen LogP contribution in [-0.4, -0.2) is 0 Å². The Morgan fingerprint density at radius 3 is 1.30 bits per heavy atom. The zero-order valence-corrected chi connectivity index (χ0v) is 39.1. The highest BCUT2D eigenvalue weighted by molar-refractivity contribution is 6.00. The van der Waals surface area contributed by atoms with Crippen LogP contribution >= 0.6 is 0 Å². The molecule has 0 bridgehead atoms. The molecule has 9 aromatic rings. The Balaban J connectivity index is 0.885. The van der Waals surface area contributed by atoms with Crippen LogP contribution in [0.5, 0.6) is 0 Å². The Bertz CT molecular complexity index is 3610. The molecule has 318 valence electrons. The first-order valence-corrected chi connectivity index (χ1v) is 23.9. The third-order valence-electron chi connectivity index (χ3n) is 16.8. The number of benzene rings is 9. The molecule has 66 heavy (non-hydrogen) atoms. The first-order chi connectivity index (χ1) is 31.8. The summed E-state index contributed by atoms with van der Waals surface area (Å²) in [5.41, 5.74) is 24.1. The summed E-state index contributed by atoms with van der Waals surface area (Å²) >= 11 is 0. The highest BCUT2D eigenvalue weighted by atomic mass is 14.5. The van der Waals surface area contributed by atoms with Crippen molar-refractivity contribution in [2.45, 2.75) is 76.0 Å². The fraction of sp³-hybridized carbons (Fsp3) is 0.182. The molecule has 0 aromatic heterocycles. The molecule has 9 aromatic carbocycles. The Morgan fingerprint density at radius 1 is 0.318 bits per heavy atom. The second kappa shape index (κ2) is 13.5. The number of allylic oxidation sites excluding steroid dienone is 4. The monoisotopic (exact) mass is 846 g/mol. The van der Waals surface area contributed by atoms with E-state index in [1.807, 2.05) is 0 Å². The minimum atomic E-state index is -0.147. The van der Waals surface area contributed by atoms with Crippen LogP contribution < -0.4 is 0 Å². The van der Waals surface area contributed by atoms with Crippen molar-refractivity contribution in [2.24, 2.45) is 0 Å². The Morgan fingerprint density at radius 2 is 0.758 bits per heavy atom. The van der Waals surface area contributed by atoms with Crippen molar-refractivity contribution >= 4 is 21.5 Å². The number of hydrogen-bond donors (Lipinski definition) is 0. The summed E-state index contributed by atoms with van der Waals surface area (Å²) in [5.74, 6) is 0.248. The molecule has 0 fully saturated rings. The number of fused-ring (bicyclic) bond motifs is 11. The van der Waals surface area contributed by atoms with E-state index in [-0.39, 0.29) is 27.6 Å². The van der Waals surface area contributed by atoms with E-state index in [0.29, 0.717) is 0 Å². The summed E-state index contributed by atoms with van der Waals surface area (Å²) in [6.07, 6.45) is 9.21. The first-order valence-electron chi connectivity index (χ1n) is 23.9. The lowest BCUT2D eigenvalue weighted by atomic mass is 9.67. The summed E-state index contributed by atoms with van der Waals surface area (Å²) in [7, 11) is 0. The van der Waals surface area contributed by atoms with Gasteiger partial charge >= 0.3 is 0 Å². The van der Waals surface area contributed by atoms with Crippen molar-refractivity contribution in [3.8, 4) is 55.6 Å². The smallest absolute Gasteiger partial charge is 0.0210 e. The van der Waals surface area contributed by atoms with E-state index in [1.54, 1.807) is 0 Å². The maximum Gasteiger partial charge on any atom is 0.0210 e. The normalized spacial score (nSPS) is 19.6. The molecule has 2 atom stereocenters. The molecule has 0 nitrogen and oxygen atoms in total. The largest absolute Gasteiger partial charge is 0.0758 e. The standard InChI is InChI=1S/C66H54/c1-63(2)57-34-45-30-43(49-23-15-14-22-48(49)40-18-10-8-11-19-40)27-25-41(45)32-50(57)52-36-61-54(38-59(52)63)55-39-60-53(37-62(55)65(61,5)6)51-33-42-26-28-44(31-46(42)35-58(51)64(60,3)4)56-24-16-17-29-66(56,7)47-20-12-9-13-21-47/h8-39,56H,1-7H3. The Kier molecular flexibility index (Phi) is 8.06. The molecule has 0 aliphatic heterocycles. The van der Waals surface area contributed by atoms with Gasteiger partial charge in [-0.1, -0.05) is 188 Å². The highest BCUT2D eigenvalue weighted by Crippen LogP contribution is 2.60. The second-order valence-electron chi connectivity index (χ2n) is 21.5. The van der Waals surface area contributed by atoms with E-state index in [4.69, 9.17) is 0 Å². The SMILES string of the molecule is CC1(C)c2cc3c(cc2-c2cc4c(cc21)-c1cc2ccc(C5C=CC=CC5(C)c5ccccc5)cc2cc1C4(C)C)C(C)(C)c1cc2cc(-c4ccccc4-c4ccccc4)ccc2cc1-3. The zero-order valence-electron chi connectivity index (χ0n) is 39.1. The predicted molar refractivity (Wildman–Crippen MR) is 280 cm³/mol. The minimum absolute atomic E-state index is 0.119. The van der Waals surface area contributed by atoms with Gasteiger partial charge in [0.2, 0.25) is 0 Å². The molecule has 0 amide bonds. The van der Waals surface area contributed by atoms with E-state index in [0.717, 1.165) is 0 Å². The third kappa shape index (κ3) is 5.39. The van der Waals surface area contributed by atoms with Crippen LogP contribution in [0, 0.1) is 0 Å². The van der Waals surface area contributed by atoms with Crippen molar-refractivity contribution in [2.75, 3.05) is 0 Å². The Labute approximate surface area is 390 Å². The molecule has 0 saturated carbocycles. The van der Waals surface area contributed by atoms with E-state index in [1.165, 1.54) is 122 Å². The van der Waals surface area contributed by atoms with Gasteiger partial charge in [-0.3, -0.25) is 0 Å². The van der Waals surface area contributed by atoms with Crippen LogP contribution in [0.4, 0.5) is 0 Å². The topological polar surface area (TPSA) is 0 Å². The van der Waals surface area contributed by atoms with Gasteiger partial charge in [-0.05, 0) is 176 Å². The molecule has 0 saturated heterocycles. The maximum absolute atomic E-state index is 2.59. The average molecular weight is 847 g/mol. The van der Waals surface area contributed by atoms with Gasteiger partial charge in [0, 0.05) is 27.6 Å². The van der Waals surface area contributed by atoms with Gasteiger partial charge in [-0.15, -0.1) is 0 Å². The average Bonchev–Trinajstić information content (AvgIpc) is 3.79. The lowest BCUT2D eigenvalue weighted by Gasteiger charge is -2.36. The van der Waals surface area contributed by atoms with Gasteiger partial charge in [-0.25, -0.2) is 0 Å². The molecule has 4 aliphatic rings. The summed E-state index contributed by atoms with van der Waals surface area (Å²) in [6.45, 7) is 17.1. The lowest BCUT2D eigenvalue weighted by Crippen LogP contribution is -2.28. The maximum atomic E-state index is 2.59. The molecule has 0 N–H and O–H groups in total.